The van der Waals surface area contributed by atoms with Gasteiger partial charge in [-0.05, 0) is 37.1 Å². The lowest BCUT2D eigenvalue weighted by molar-refractivity contribution is -0.126. The molecule has 0 saturated carbocycles. The molecule has 4 N–H and O–H groups in total. The van der Waals surface area contributed by atoms with Crippen LogP contribution < -0.4 is 11.1 Å². The number of nitrogens with two attached hydrogens (primary N) is 1. The fourth-order valence-electron chi connectivity index (χ4n) is 2.20. The van der Waals surface area contributed by atoms with Gasteiger partial charge in [-0.2, -0.15) is 0 Å². The number of benzene rings is 1. The maximum absolute atomic E-state index is 12.5. The van der Waals surface area contributed by atoms with Gasteiger partial charge >= 0.3 is 0 Å². The molecule has 0 unspecified atom stereocenters. The predicted molar refractivity (Wildman–Crippen MR) is 76.0 cm³/mol. The zero-order chi connectivity index (χ0) is 14.6. The van der Waals surface area contributed by atoms with Gasteiger partial charge in [0.15, 0.2) is 5.84 Å². The van der Waals surface area contributed by atoms with Crippen molar-refractivity contribution in [2.24, 2.45) is 16.3 Å². The van der Waals surface area contributed by atoms with E-state index < -0.39 is 5.41 Å². The molecule has 1 aliphatic heterocycles. The van der Waals surface area contributed by atoms with Gasteiger partial charge in [0.25, 0.3) is 0 Å². The SMILES string of the molecule is NC(=NO)C1(C(=O)Nc2ccc(Cl)cc2)CCOCC1. The molecule has 0 radical (unpaired) electrons. The van der Waals surface area contributed by atoms with Crippen LogP contribution in [-0.4, -0.2) is 30.2 Å². The lowest BCUT2D eigenvalue weighted by atomic mass is 9.78. The van der Waals surface area contributed by atoms with Crippen molar-refractivity contribution in [1.82, 2.24) is 0 Å². The van der Waals surface area contributed by atoms with Gasteiger partial charge < -0.3 is 21.0 Å². The van der Waals surface area contributed by atoms with E-state index in [0.29, 0.717) is 36.8 Å². The molecule has 0 bridgehead atoms. The number of anilines is 1. The van der Waals surface area contributed by atoms with Crippen LogP contribution in [0.15, 0.2) is 29.4 Å². The molecule has 1 aliphatic rings. The summed E-state index contributed by atoms with van der Waals surface area (Å²) in [7, 11) is 0. The Morgan fingerprint density at radius 2 is 1.95 bits per heavy atom. The second-order valence-electron chi connectivity index (χ2n) is 4.64. The first-order valence-corrected chi connectivity index (χ1v) is 6.59. The van der Waals surface area contributed by atoms with E-state index in [2.05, 4.69) is 10.5 Å². The maximum Gasteiger partial charge on any atom is 0.238 e. The van der Waals surface area contributed by atoms with Crippen LogP contribution >= 0.6 is 11.6 Å². The van der Waals surface area contributed by atoms with Gasteiger partial charge in [0.2, 0.25) is 5.91 Å². The molecule has 1 aromatic carbocycles. The minimum Gasteiger partial charge on any atom is -0.409 e. The minimum absolute atomic E-state index is 0.0905. The topological polar surface area (TPSA) is 96.9 Å². The summed E-state index contributed by atoms with van der Waals surface area (Å²) in [6.07, 6.45) is 0.755. The van der Waals surface area contributed by atoms with Crippen LogP contribution in [0.2, 0.25) is 5.02 Å². The number of amidine groups is 1. The zero-order valence-electron chi connectivity index (χ0n) is 10.8. The van der Waals surface area contributed by atoms with Crippen molar-refractivity contribution < 1.29 is 14.7 Å². The monoisotopic (exact) mass is 297 g/mol. The van der Waals surface area contributed by atoms with Gasteiger partial charge in [-0.25, -0.2) is 0 Å². The second-order valence-corrected chi connectivity index (χ2v) is 5.08. The first kappa shape index (κ1) is 14.6. The number of halogens is 1. The second kappa shape index (κ2) is 6.11. The van der Waals surface area contributed by atoms with Crippen molar-refractivity contribution in [3.8, 4) is 0 Å². The number of ether oxygens (including phenoxy) is 1. The van der Waals surface area contributed by atoms with E-state index in [4.69, 9.17) is 27.3 Å². The van der Waals surface area contributed by atoms with Crippen molar-refractivity contribution >= 4 is 29.0 Å². The molecule has 1 fully saturated rings. The third-order valence-electron chi connectivity index (χ3n) is 3.48. The summed E-state index contributed by atoms with van der Waals surface area (Å²) in [4.78, 5) is 12.5. The van der Waals surface area contributed by atoms with E-state index >= 15 is 0 Å². The fraction of sp³-hybridized carbons (Fsp3) is 0.385. The summed E-state index contributed by atoms with van der Waals surface area (Å²) < 4.78 is 5.25. The third-order valence-corrected chi connectivity index (χ3v) is 3.73. The maximum atomic E-state index is 12.5. The largest absolute Gasteiger partial charge is 0.409 e. The van der Waals surface area contributed by atoms with Crippen molar-refractivity contribution in [3.05, 3.63) is 29.3 Å². The zero-order valence-corrected chi connectivity index (χ0v) is 11.6. The molecule has 1 amide bonds. The van der Waals surface area contributed by atoms with Crippen molar-refractivity contribution in [1.29, 1.82) is 0 Å². The first-order chi connectivity index (χ1) is 9.58. The third kappa shape index (κ3) is 2.86. The Hall–Kier alpha value is -1.79. The number of hydrogen-bond acceptors (Lipinski definition) is 4. The molecule has 1 saturated heterocycles. The summed E-state index contributed by atoms with van der Waals surface area (Å²) in [5.74, 6) is -0.398. The van der Waals surface area contributed by atoms with Gasteiger partial charge in [0, 0.05) is 23.9 Å². The van der Waals surface area contributed by atoms with Gasteiger partial charge in [-0.1, -0.05) is 16.8 Å². The van der Waals surface area contributed by atoms with Crippen LogP contribution in [0.5, 0.6) is 0 Å². The summed E-state index contributed by atoms with van der Waals surface area (Å²) >= 11 is 5.80. The molecule has 6 nitrogen and oxygen atoms in total. The van der Waals surface area contributed by atoms with E-state index in [1.807, 2.05) is 0 Å². The van der Waals surface area contributed by atoms with Gasteiger partial charge in [-0.15, -0.1) is 0 Å². The smallest absolute Gasteiger partial charge is 0.238 e. The average molecular weight is 298 g/mol. The number of carbonyl (C=O) groups excluding carboxylic acids is 1. The number of hydrogen-bond donors (Lipinski definition) is 3. The number of amides is 1. The van der Waals surface area contributed by atoms with E-state index in [0.717, 1.165) is 0 Å². The molecule has 2 rings (SSSR count). The predicted octanol–water partition coefficient (Wildman–Crippen LogP) is 1.82. The van der Waals surface area contributed by atoms with Crippen LogP contribution in [0, 0.1) is 5.41 Å². The Kier molecular flexibility index (Phi) is 4.46. The number of rotatable bonds is 3. The number of nitrogens with one attached hydrogen (secondary N) is 1. The molecule has 1 aromatic rings. The Balaban J connectivity index is 2.21. The molecule has 20 heavy (non-hydrogen) atoms. The summed E-state index contributed by atoms with van der Waals surface area (Å²) in [5.41, 5.74) is 5.30. The van der Waals surface area contributed by atoms with Crippen molar-refractivity contribution in [3.63, 3.8) is 0 Å². The van der Waals surface area contributed by atoms with Crippen molar-refractivity contribution in [2.45, 2.75) is 12.8 Å². The number of nitrogens with zero attached hydrogens (tertiary/aromatic N) is 1. The fourth-order valence-corrected chi connectivity index (χ4v) is 2.33. The van der Waals surface area contributed by atoms with Crippen molar-refractivity contribution in [2.75, 3.05) is 18.5 Å². The molecule has 0 aromatic heterocycles. The van der Waals surface area contributed by atoms with Crippen LogP contribution in [0.25, 0.3) is 0 Å². The summed E-state index contributed by atoms with van der Waals surface area (Å²) in [6, 6.07) is 6.74. The summed E-state index contributed by atoms with van der Waals surface area (Å²) in [5, 5.41) is 15.3. The highest BCUT2D eigenvalue weighted by molar-refractivity contribution is 6.30. The highest BCUT2D eigenvalue weighted by Crippen LogP contribution is 2.32. The standard InChI is InChI=1S/C13H16ClN3O3/c14-9-1-3-10(4-2-9)16-12(18)13(11(15)17-19)5-7-20-8-6-13/h1-4,19H,5-8H2,(H2,15,17)(H,16,18). The summed E-state index contributed by atoms with van der Waals surface area (Å²) in [6.45, 7) is 0.786. The van der Waals surface area contributed by atoms with Crippen LogP contribution in [0.3, 0.4) is 0 Å². The van der Waals surface area contributed by atoms with Crippen LogP contribution in [0.4, 0.5) is 5.69 Å². The minimum atomic E-state index is -1.04. The van der Waals surface area contributed by atoms with E-state index in [1.54, 1.807) is 24.3 Å². The highest BCUT2D eigenvalue weighted by Gasteiger charge is 2.44. The first-order valence-electron chi connectivity index (χ1n) is 6.21. The lowest BCUT2D eigenvalue weighted by Gasteiger charge is -2.34. The Bertz CT molecular complexity index is 510. The van der Waals surface area contributed by atoms with E-state index in [1.165, 1.54) is 0 Å². The number of carbonyl (C=O) groups is 1. The van der Waals surface area contributed by atoms with Crippen LogP contribution in [0.1, 0.15) is 12.8 Å². The van der Waals surface area contributed by atoms with E-state index in [-0.39, 0.29) is 11.7 Å². The Morgan fingerprint density at radius 3 is 2.50 bits per heavy atom. The highest BCUT2D eigenvalue weighted by atomic mass is 35.5. The molecular weight excluding hydrogens is 282 g/mol. The lowest BCUT2D eigenvalue weighted by Crippen LogP contribution is -2.50. The quantitative estimate of drug-likeness (QED) is 0.343. The molecule has 1 heterocycles. The molecule has 7 heteroatoms. The van der Waals surface area contributed by atoms with Gasteiger partial charge in [0.05, 0.1) is 0 Å². The molecule has 0 atom stereocenters. The molecule has 0 aliphatic carbocycles. The Labute approximate surface area is 121 Å². The molecule has 108 valence electrons. The molecule has 0 spiro atoms. The number of oxime groups is 1. The Morgan fingerprint density at radius 1 is 1.35 bits per heavy atom. The van der Waals surface area contributed by atoms with Gasteiger partial charge in [-0.3, -0.25) is 4.79 Å². The average Bonchev–Trinajstić information content (AvgIpc) is 2.49. The molecular formula is C13H16ClN3O3. The van der Waals surface area contributed by atoms with Gasteiger partial charge in [0.1, 0.15) is 5.41 Å². The van der Waals surface area contributed by atoms with Crippen LogP contribution in [-0.2, 0) is 9.53 Å². The van der Waals surface area contributed by atoms with E-state index in [9.17, 15) is 4.79 Å². The normalized spacial score (nSPS) is 18.6.